The molecule has 0 bridgehead atoms. The Bertz CT molecular complexity index is 1200. The van der Waals surface area contributed by atoms with Gasteiger partial charge in [-0.2, -0.15) is 0 Å². The van der Waals surface area contributed by atoms with Crippen LogP contribution in [0.4, 0.5) is 9.59 Å². The molecule has 2 saturated carbocycles. The molecule has 214 valence electrons. The van der Waals surface area contributed by atoms with Crippen LogP contribution in [0.5, 0.6) is 0 Å². The van der Waals surface area contributed by atoms with Crippen molar-refractivity contribution < 1.29 is 29.0 Å². The van der Waals surface area contributed by atoms with Crippen LogP contribution in [0.15, 0.2) is 48.5 Å². The zero-order valence-corrected chi connectivity index (χ0v) is 23.6. The number of aliphatic carboxylic acids is 1. The van der Waals surface area contributed by atoms with Gasteiger partial charge in [-0.05, 0) is 88.0 Å². The highest BCUT2D eigenvalue weighted by Crippen LogP contribution is 2.45. The van der Waals surface area contributed by atoms with E-state index in [1.165, 1.54) is 11.1 Å². The number of benzene rings is 2. The fourth-order valence-electron chi connectivity index (χ4n) is 6.67. The third kappa shape index (κ3) is 6.11. The predicted molar refractivity (Wildman–Crippen MR) is 151 cm³/mol. The number of nitrogens with zero attached hydrogens (tertiary/aromatic N) is 1. The minimum Gasteiger partial charge on any atom is -0.481 e. The van der Waals surface area contributed by atoms with E-state index in [-0.39, 0.29) is 36.7 Å². The number of rotatable bonds is 6. The van der Waals surface area contributed by atoms with Gasteiger partial charge in [0.2, 0.25) is 0 Å². The minimum atomic E-state index is -0.805. The first-order chi connectivity index (χ1) is 19.1. The third-order valence-electron chi connectivity index (χ3n) is 8.51. The summed E-state index contributed by atoms with van der Waals surface area (Å²) in [7, 11) is 0. The summed E-state index contributed by atoms with van der Waals surface area (Å²) in [5, 5.41) is 12.6. The molecular weight excluding hydrogens is 508 g/mol. The minimum absolute atomic E-state index is 0.0224. The second-order valence-electron chi connectivity index (χ2n) is 12.4. The third-order valence-corrected chi connectivity index (χ3v) is 8.51. The standard InChI is InChI=1S/C32H40N2O6/c1-32(2,3)40-30(37)33-21-13-16-22(17-14-21)34(23-15-12-20(18-23)29(35)36)31(38)39-19-28-26-10-6-4-8-24(26)25-9-5-7-11-27(25)28/h4-11,20-23,28H,12-19H2,1-3H3,(H,33,37)(H,35,36)/t20-,21?,22?,23+/m0/s1. The number of alkyl carbamates (subject to hydrolysis) is 1. The average molecular weight is 549 g/mol. The van der Waals surface area contributed by atoms with E-state index in [1.807, 2.05) is 49.9 Å². The Hall–Kier alpha value is -3.55. The summed E-state index contributed by atoms with van der Waals surface area (Å²) in [5.74, 6) is -1.29. The molecular formula is C32H40N2O6. The van der Waals surface area contributed by atoms with Crippen molar-refractivity contribution in [1.82, 2.24) is 10.2 Å². The number of carbonyl (C=O) groups excluding carboxylic acids is 2. The van der Waals surface area contributed by atoms with E-state index in [4.69, 9.17) is 9.47 Å². The van der Waals surface area contributed by atoms with E-state index >= 15 is 0 Å². The Labute approximate surface area is 236 Å². The van der Waals surface area contributed by atoms with Crippen molar-refractivity contribution in [2.45, 2.75) is 95.4 Å². The van der Waals surface area contributed by atoms with Crippen LogP contribution in [-0.2, 0) is 14.3 Å². The van der Waals surface area contributed by atoms with Gasteiger partial charge in [0.05, 0.1) is 5.92 Å². The van der Waals surface area contributed by atoms with Gasteiger partial charge in [-0.25, -0.2) is 9.59 Å². The van der Waals surface area contributed by atoms with Crippen LogP contribution >= 0.6 is 0 Å². The van der Waals surface area contributed by atoms with Gasteiger partial charge in [-0.15, -0.1) is 0 Å². The molecule has 0 radical (unpaired) electrons. The number of amides is 2. The number of carbonyl (C=O) groups is 3. The van der Waals surface area contributed by atoms with Crippen LogP contribution in [-0.4, -0.2) is 58.5 Å². The largest absolute Gasteiger partial charge is 0.481 e. The summed E-state index contributed by atoms with van der Waals surface area (Å²) >= 11 is 0. The van der Waals surface area contributed by atoms with Gasteiger partial charge >= 0.3 is 18.2 Å². The summed E-state index contributed by atoms with van der Waals surface area (Å²) in [6, 6.07) is 16.2. The van der Waals surface area contributed by atoms with Gasteiger partial charge in [0.15, 0.2) is 0 Å². The number of hydrogen-bond donors (Lipinski definition) is 2. The number of carboxylic acid groups (broad SMARTS) is 1. The maximum Gasteiger partial charge on any atom is 0.410 e. The van der Waals surface area contributed by atoms with Crippen molar-refractivity contribution in [3.05, 3.63) is 59.7 Å². The first-order valence-corrected chi connectivity index (χ1v) is 14.5. The monoisotopic (exact) mass is 548 g/mol. The fourth-order valence-corrected chi connectivity index (χ4v) is 6.67. The lowest BCUT2D eigenvalue weighted by molar-refractivity contribution is -0.141. The molecule has 0 heterocycles. The van der Waals surface area contributed by atoms with Crippen LogP contribution < -0.4 is 5.32 Å². The van der Waals surface area contributed by atoms with Gasteiger partial charge in [-0.3, -0.25) is 4.79 Å². The van der Waals surface area contributed by atoms with E-state index in [1.54, 1.807) is 0 Å². The van der Waals surface area contributed by atoms with Gasteiger partial charge in [0, 0.05) is 24.0 Å². The molecule has 0 aromatic heterocycles. The number of carboxylic acids is 1. The number of nitrogens with one attached hydrogen (secondary N) is 1. The Morgan fingerprint density at radius 2 is 1.45 bits per heavy atom. The maximum atomic E-state index is 13.8. The van der Waals surface area contributed by atoms with Crippen LogP contribution in [0.3, 0.4) is 0 Å². The Morgan fingerprint density at radius 1 is 0.875 bits per heavy atom. The lowest BCUT2D eigenvalue weighted by Crippen LogP contribution is -2.50. The molecule has 2 atom stereocenters. The molecule has 8 heteroatoms. The summed E-state index contributed by atoms with van der Waals surface area (Å²) in [6.45, 7) is 5.74. The van der Waals surface area contributed by atoms with E-state index in [0.717, 1.165) is 11.1 Å². The first kappa shape index (κ1) is 28.0. The van der Waals surface area contributed by atoms with Gasteiger partial charge in [0.25, 0.3) is 0 Å². The molecule has 40 heavy (non-hydrogen) atoms. The van der Waals surface area contributed by atoms with Crippen molar-refractivity contribution in [2.24, 2.45) is 5.92 Å². The van der Waals surface area contributed by atoms with Gasteiger partial charge < -0.3 is 24.8 Å². The van der Waals surface area contributed by atoms with E-state index in [0.29, 0.717) is 44.9 Å². The van der Waals surface area contributed by atoms with E-state index in [9.17, 15) is 19.5 Å². The molecule has 2 aromatic rings. The van der Waals surface area contributed by atoms with Crippen LogP contribution in [0.2, 0.25) is 0 Å². The summed E-state index contributed by atoms with van der Waals surface area (Å²) in [4.78, 5) is 39.6. The number of ether oxygens (including phenoxy) is 2. The van der Waals surface area contributed by atoms with Crippen LogP contribution in [0.25, 0.3) is 11.1 Å². The molecule has 2 aromatic carbocycles. The average Bonchev–Trinajstić information content (AvgIpc) is 3.51. The van der Waals surface area contributed by atoms with Gasteiger partial charge in [0.1, 0.15) is 12.2 Å². The highest BCUT2D eigenvalue weighted by molar-refractivity contribution is 5.79. The Kier molecular flexibility index (Phi) is 8.06. The summed E-state index contributed by atoms with van der Waals surface area (Å²) < 4.78 is 11.5. The molecule has 0 saturated heterocycles. The van der Waals surface area contributed by atoms with Crippen molar-refractivity contribution >= 4 is 18.2 Å². The van der Waals surface area contributed by atoms with Crippen molar-refractivity contribution in [1.29, 1.82) is 0 Å². The highest BCUT2D eigenvalue weighted by atomic mass is 16.6. The molecule has 5 rings (SSSR count). The van der Waals surface area contributed by atoms with E-state index in [2.05, 4.69) is 29.6 Å². The molecule has 3 aliphatic carbocycles. The zero-order valence-electron chi connectivity index (χ0n) is 23.6. The number of hydrogen-bond acceptors (Lipinski definition) is 5. The SMILES string of the molecule is CC(C)(C)OC(=O)NC1CCC(N(C(=O)OCC2c3ccccc3-c3ccccc32)[C@@H]2CC[C@H](C(=O)O)C2)CC1. The Morgan fingerprint density at radius 3 is 2.00 bits per heavy atom. The molecule has 0 aliphatic heterocycles. The topological polar surface area (TPSA) is 105 Å². The molecule has 0 unspecified atom stereocenters. The second kappa shape index (κ2) is 11.5. The number of fused-ring (bicyclic) bond motifs is 3. The zero-order chi connectivity index (χ0) is 28.4. The molecule has 2 amide bonds. The van der Waals surface area contributed by atoms with Crippen LogP contribution in [0.1, 0.15) is 82.8 Å². The normalized spacial score (nSPS) is 24.1. The van der Waals surface area contributed by atoms with Crippen molar-refractivity contribution in [2.75, 3.05) is 6.61 Å². The molecule has 0 spiro atoms. The predicted octanol–water partition coefficient (Wildman–Crippen LogP) is 6.33. The Balaban J connectivity index is 1.27. The maximum absolute atomic E-state index is 13.8. The van der Waals surface area contributed by atoms with Crippen molar-refractivity contribution in [3.8, 4) is 11.1 Å². The highest BCUT2D eigenvalue weighted by Gasteiger charge is 2.41. The molecule has 2 fully saturated rings. The lowest BCUT2D eigenvalue weighted by Gasteiger charge is -2.40. The lowest BCUT2D eigenvalue weighted by atomic mass is 9.89. The van der Waals surface area contributed by atoms with E-state index < -0.39 is 23.6 Å². The van der Waals surface area contributed by atoms with Gasteiger partial charge in [-0.1, -0.05) is 48.5 Å². The second-order valence-corrected chi connectivity index (χ2v) is 12.4. The molecule has 3 aliphatic rings. The smallest absolute Gasteiger partial charge is 0.410 e. The fraction of sp³-hybridized carbons (Fsp3) is 0.531. The summed E-state index contributed by atoms with van der Waals surface area (Å²) in [6.07, 6.45) is 3.69. The molecule has 8 nitrogen and oxygen atoms in total. The molecule has 2 N–H and O–H groups in total. The first-order valence-electron chi connectivity index (χ1n) is 14.5. The quantitative estimate of drug-likeness (QED) is 0.437. The van der Waals surface area contributed by atoms with Crippen LogP contribution in [0, 0.1) is 5.92 Å². The summed E-state index contributed by atoms with van der Waals surface area (Å²) in [5.41, 5.74) is 4.09. The van der Waals surface area contributed by atoms with Crippen molar-refractivity contribution in [3.63, 3.8) is 0 Å².